The number of nitrogens with zero attached hydrogens (tertiary/aromatic N) is 4. The summed E-state index contributed by atoms with van der Waals surface area (Å²) in [7, 11) is 1.59. The van der Waals surface area contributed by atoms with Crippen LogP contribution in [0.1, 0.15) is 18.4 Å². The van der Waals surface area contributed by atoms with Crippen molar-refractivity contribution in [2.24, 2.45) is 4.99 Å². The van der Waals surface area contributed by atoms with Crippen LogP contribution in [0.5, 0.6) is 11.5 Å². The summed E-state index contributed by atoms with van der Waals surface area (Å²) in [6.45, 7) is 1.62. The number of methoxy groups -OCH3 is 1. The van der Waals surface area contributed by atoms with Crippen molar-refractivity contribution in [3.05, 3.63) is 36.4 Å². The van der Waals surface area contributed by atoms with Crippen LogP contribution in [-0.2, 0) is 17.9 Å². The zero-order valence-electron chi connectivity index (χ0n) is 15.7. The largest absolute Gasteiger partial charge is 0.492 e. The summed E-state index contributed by atoms with van der Waals surface area (Å²) >= 11 is 0. The van der Waals surface area contributed by atoms with E-state index in [1.807, 2.05) is 22.9 Å². The van der Waals surface area contributed by atoms with Crippen LogP contribution < -0.4 is 14.8 Å². The van der Waals surface area contributed by atoms with Gasteiger partial charge in [0, 0.05) is 24.5 Å². The molecule has 1 atom stereocenters. The van der Waals surface area contributed by atoms with Crippen LogP contribution in [0.25, 0.3) is 0 Å². The van der Waals surface area contributed by atoms with Gasteiger partial charge in [-0.25, -0.2) is 9.98 Å². The van der Waals surface area contributed by atoms with Crippen molar-refractivity contribution in [2.75, 3.05) is 20.3 Å². The standard InChI is InChI=1S/C19H23N5O4/c1-27-17-13-10-24-15(11-25)18(26)22-19(24)21-14(13)4-5-16(17)28-9-3-2-7-23-8-6-20-12-23/h4-6,8,12,15,25H,2-3,7,9-11H2,1H3,(H,21,22,26). The highest BCUT2D eigenvalue weighted by Crippen LogP contribution is 2.41. The molecule has 0 radical (unpaired) electrons. The fourth-order valence-corrected chi connectivity index (χ4v) is 3.49. The number of unbranched alkanes of at least 4 members (excludes halogenated alkanes) is 1. The second kappa shape index (κ2) is 7.89. The van der Waals surface area contributed by atoms with Crippen molar-refractivity contribution in [3.63, 3.8) is 0 Å². The molecule has 1 unspecified atom stereocenters. The predicted molar refractivity (Wildman–Crippen MR) is 102 cm³/mol. The van der Waals surface area contributed by atoms with Crippen LogP contribution >= 0.6 is 0 Å². The van der Waals surface area contributed by atoms with E-state index in [2.05, 4.69) is 15.3 Å². The molecule has 28 heavy (non-hydrogen) atoms. The summed E-state index contributed by atoms with van der Waals surface area (Å²) in [5, 5.41) is 12.2. The lowest BCUT2D eigenvalue weighted by Gasteiger charge is -2.28. The quantitative estimate of drug-likeness (QED) is 0.659. The Hall–Kier alpha value is -3.07. The molecule has 1 saturated heterocycles. The lowest BCUT2D eigenvalue weighted by molar-refractivity contribution is -0.122. The third kappa shape index (κ3) is 3.40. The van der Waals surface area contributed by atoms with Gasteiger partial charge in [-0.1, -0.05) is 0 Å². The Bertz CT molecular complexity index is 881. The first-order chi connectivity index (χ1) is 13.7. The molecule has 0 bridgehead atoms. The number of guanidine groups is 1. The number of carbonyl (C=O) groups is 1. The van der Waals surface area contributed by atoms with E-state index < -0.39 is 6.04 Å². The number of ether oxygens (including phenoxy) is 2. The van der Waals surface area contributed by atoms with Gasteiger partial charge < -0.3 is 24.0 Å². The number of aliphatic hydroxyl groups excluding tert-OH is 1. The van der Waals surface area contributed by atoms with E-state index in [4.69, 9.17) is 9.47 Å². The predicted octanol–water partition coefficient (Wildman–Crippen LogP) is 1.04. The molecule has 1 aromatic heterocycles. The van der Waals surface area contributed by atoms with Crippen LogP contribution in [0.2, 0.25) is 0 Å². The highest BCUT2D eigenvalue weighted by molar-refractivity contribution is 6.08. The summed E-state index contributed by atoms with van der Waals surface area (Å²) < 4.78 is 13.6. The monoisotopic (exact) mass is 385 g/mol. The van der Waals surface area contributed by atoms with Gasteiger partial charge in [0.25, 0.3) is 5.91 Å². The second-order valence-corrected chi connectivity index (χ2v) is 6.70. The molecule has 0 aliphatic carbocycles. The average molecular weight is 385 g/mol. The number of rotatable bonds is 8. The number of hydrogen-bond donors (Lipinski definition) is 2. The van der Waals surface area contributed by atoms with Gasteiger partial charge in [-0.3, -0.25) is 10.1 Å². The van der Waals surface area contributed by atoms with E-state index in [0.29, 0.717) is 30.6 Å². The number of aliphatic hydroxyl groups is 1. The normalized spacial score (nSPS) is 17.6. The Kier molecular flexibility index (Phi) is 5.16. The molecule has 2 aromatic rings. The van der Waals surface area contributed by atoms with Crippen molar-refractivity contribution in [2.45, 2.75) is 32.0 Å². The van der Waals surface area contributed by atoms with E-state index in [1.54, 1.807) is 24.5 Å². The lowest BCUT2D eigenvalue weighted by atomic mass is 10.1. The van der Waals surface area contributed by atoms with Gasteiger partial charge >= 0.3 is 0 Å². The topological polar surface area (TPSA) is 101 Å². The highest BCUT2D eigenvalue weighted by atomic mass is 16.5. The minimum Gasteiger partial charge on any atom is -0.492 e. The molecular weight excluding hydrogens is 362 g/mol. The first kappa shape index (κ1) is 18.3. The number of carbonyl (C=O) groups excluding carboxylic acids is 1. The van der Waals surface area contributed by atoms with Gasteiger partial charge in [-0.05, 0) is 25.0 Å². The Balaban J connectivity index is 1.44. The minimum atomic E-state index is -0.635. The van der Waals surface area contributed by atoms with E-state index in [0.717, 1.165) is 30.6 Å². The molecule has 1 fully saturated rings. The summed E-state index contributed by atoms with van der Waals surface area (Å²) in [6, 6.07) is 3.07. The summed E-state index contributed by atoms with van der Waals surface area (Å²) in [5.41, 5.74) is 1.58. The van der Waals surface area contributed by atoms with Crippen molar-refractivity contribution in [1.29, 1.82) is 0 Å². The maximum atomic E-state index is 12.0. The molecule has 9 heteroatoms. The molecule has 0 spiro atoms. The number of nitrogens with one attached hydrogen (secondary N) is 1. The summed E-state index contributed by atoms with van der Waals surface area (Å²) in [5.74, 6) is 1.49. The molecule has 2 aliphatic heterocycles. The molecular formula is C19H23N5O4. The van der Waals surface area contributed by atoms with Gasteiger partial charge in [0.2, 0.25) is 5.96 Å². The fraction of sp³-hybridized carbons (Fsp3) is 0.421. The van der Waals surface area contributed by atoms with Gasteiger partial charge in [-0.15, -0.1) is 0 Å². The van der Waals surface area contributed by atoms with Crippen LogP contribution in [0, 0.1) is 0 Å². The fourth-order valence-electron chi connectivity index (χ4n) is 3.49. The number of fused-ring (bicyclic) bond motifs is 2. The summed E-state index contributed by atoms with van der Waals surface area (Å²) in [6.07, 6.45) is 7.40. The SMILES string of the molecule is COc1c(OCCCCn2ccnc2)ccc2c1CN1C(=N2)NC(=O)C1CO. The third-order valence-electron chi connectivity index (χ3n) is 4.94. The Morgan fingerprint density at radius 3 is 3.00 bits per heavy atom. The molecule has 9 nitrogen and oxygen atoms in total. The van der Waals surface area contributed by atoms with Crippen LogP contribution in [0.15, 0.2) is 35.8 Å². The van der Waals surface area contributed by atoms with Crippen molar-refractivity contribution < 1.29 is 19.4 Å². The molecule has 3 heterocycles. The number of amides is 1. The first-order valence-electron chi connectivity index (χ1n) is 9.26. The molecule has 1 amide bonds. The second-order valence-electron chi connectivity index (χ2n) is 6.70. The number of aliphatic imine (C=N–C) groups is 1. The van der Waals surface area contributed by atoms with Crippen molar-refractivity contribution in [3.8, 4) is 11.5 Å². The smallest absolute Gasteiger partial charge is 0.251 e. The van der Waals surface area contributed by atoms with E-state index in [-0.39, 0.29) is 12.5 Å². The zero-order valence-corrected chi connectivity index (χ0v) is 15.7. The lowest BCUT2D eigenvalue weighted by Crippen LogP contribution is -2.39. The highest BCUT2D eigenvalue weighted by Gasteiger charge is 2.39. The number of benzene rings is 1. The van der Waals surface area contributed by atoms with Crippen LogP contribution in [-0.4, -0.2) is 57.8 Å². The number of aromatic nitrogens is 2. The molecule has 2 N–H and O–H groups in total. The van der Waals surface area contributed by atoms with Gasteiger partial charge in [0.05, 0.1) is 38.9 Å². The molecule has 2 aliphatic rings. The van der Waals surface area contributed by atoms with Crippen LogP contribution in [0.4, 0.5) is 5.69 Å². The molecule has 4 rings (SSSR count). The average Bonchev–Trinajstić information content (AvgIpc) is 3.32. The minimum absolute atomic E-state index is 0.248. The first-order valence-corrected chi connectivity index (χ1v) is 9.26. The van der Waals surface area contributed by atoms with Gasteiger partial charge in [-0.2, -0.15) is 0 Å². The Morgan fingerprint density at radius 1 is 1.36 bits per heavy atom. The van der Waals surface area contributed by atoms with Gasteiger partial charge in [0.1, 0.15) is 6.04 Å². The van der Waals surface area contributed by atoms with Crippen molar-refractivity contribution >= 4 is 17.6 Å². The molecule has 0 saturated carbocycles. The molecule has 1 aromatic carbocycles. The van der Waals surface area contributed by atoms with E-state index in [1.165, 1.54) is 0 Å². The Morgan fingerprint density at radius 2 is 2.25 bits per heavy atom. The zero-order chi connectivity index (χ0) is 19.5. The van der Waals surface area contributed by atoms with E-state index >= 15 is 0 Å². The Labute approximate surface area is 162 Å². The van der Waals surface area contributed by atoms with Gasteiger partial charge in [0.15, 0.2) is 11.5 Å². The maximum absolute atomic E-state index is 12.0. The van der Waals surface area contributed by atoms with Crippen molar-refractivity contribution in [1.82, 2.24) is 19.8 Å². The van der Waals surface area contributed by atoms with Crippen LogP contribution in [0.3, 0.4) is 0 Å². The number of hydrogen-bond acceptors (Lipinski definition) is 7. The molecule has 148 valence electrons. The number of imidazole rings is 1. The maximum Gasteiger partial charge on any atom is 0.251 e. The number of aryl methyl sites for hydroxylation is 1. The summed E-state index contributed by atoms with van der Waals surface area (Å²) in [4.78, 5) is 22.3. The third-order valence-corrected chi connectivity index (χ3v) is 4.94. The van der Waals surface area contributed by atoms with E-state index in [9.17, 15) is 9.90 Å².